The van der Waals surface area contributed by atoms with Crippen molar-refractivity contribution < 1.29 is 13.0 Å². The highest BCUT2D eigenvalue weighted by atomic mass is 32.2. The number of hydrogen-bond donors (Lipinski definition) is 2. The zero-order chi connectivity index (χ0) is 8.70. The van der Waals surface area contributed by atoms with Crippen molar-refractivity contribution in [3.05, 3.63) is 0 Å². The number of rotatable bonds is 2. The van der Waals surface area contributed by atoms with Gasteiger partial charge in [-0.25, -0.2) is 22.5 Å². The van der Waals surface area contributed by atoms with Crippen LogP contribution in [0.25, 0.3) is 0 Å². The van der Waals surface area contributed by atoms with E-state index < -0.39 is 21.9 Å². The smallest absolute Gasteiger partial charge is 0.241 e. The van der Waals surface area contributed by atoms with E-state index in [1.54, 1.807) is 0 Å². The van der Waals surface area contributed by atoms with Gasteiger partial charge in [-0.3, -0.25) is 0 Å². The highest BCUT2D eigenvalue weighted by Gasteiger charge is 2.45. The summed E-state index contributed by atoms with van der Waals surface area (Å²) in [5, 5.41) is 0. The molecule has 0 amide bonds. The highest BCUT2D eigenvalue weighted by molar-refractivity contribution is 7.89. The molecule has 1 rings (SSSR count). The van der Waals surface area contributed by atoms with Gasteiger partial charge in [0, 0.05) is 25.1 Å². The Kier molecular flexibility index (Phi) is 1.92. The van der Waals surface area contributed by atoms with Gasteiger partial charge in [-0.2, -0.15) is 0 Å². The third kappa shape index (κ3) is 2.70. The number of nitrogens with one attached hydrogen (secondary N) is 2. The molecule has 0 spiro atoms. The van der Waals surface area contributed by atoms with Gasteiger partial charge in [0.15, 0.2) is 0 Å². The van der Waals surface area contributed by atoms with Crippen LogP contribution in [-0.2, 0) is 9.92 Å². The van der Waals surface area contributed by atoms with Gasteiger partial charge in [0.1, 0.15) is 9.92 Å². The SMILES string of the molecule is CS(=N)(=O)NC1CC(F)(F)C1. The van der Waals surface area contributed by atoms with E-state index in [1.165, 1.54) is 6.26 Å². The Hall–Kier alpha value is -0.230. The van der Waals surface area contributed by atoms with Crippen LogP contribution in [0.2, 0.25) is 0 Å². The highest BCUT2D eigenvalue weighted by Crippen LogP contribution is 2.37. The molecule has 6 heteroatoms. The van der Waals surface area contributed by atoms with Crippen molar-refractivity contribution >= 4 is 9.92 Å². The maximum atomic E-state index is 12.2. The molecule has 3 nitrogen and oxygen atoms in total. The minimum atomic E-state index is -2.82. The van der Waals surface area contributed by atoms with Crippen molar-refractivity contribution in [3.8, 4) is 0 Å². The first-order chi connectivity index (χ1) is 4.79. The number of alkyl halides is 2. The van der Waals surface area contributed by atoms with Crippen LogP contribution in [0.15, 0.2) is 0 Å². The Balaban J connectivity index is 2.36. The van der Waals surface area contributed by atoms with Crippen molar-refractivity contribution in [2.75, 3.05) is 6.26 Å². The molecule has 1 fully saturated rings. The molecule has 0 heterocycles. The van der Waals surface area contributed by atoms with E-state index in [2.05, 4.69) is 4.72 Å². The van der Waals surface area contributed by atoms with Gasteiger partial charge in [-0.1, -0.05) is 0 Å². The minimum Gasteiger partial charge on any atom is -0.241 e. The van der Waals surface area contributed by atoms with Crippen LogP contribution in [-0.4, -0.2) is 22.4 Å². The van der Waals surface area contributed by atoms with Crippen molar-refractivity contribution in [2.24, 2.45) is 0 Å². The van der Waals surface area contributed by atoms with Crippen LogP contribution >= 0.6 is 0 Å². The zero-order valence-electron chi connectivity index (χ0n) is 6.06. The van der Waals surface area contributed by atoms with E-state index in [0.29, 0.717) is 0 Å². The van der Waals surface area contributed by atoms with E-state index in [-0.39, 0.29) is 12.8 Å². The van der Waals surface area contributed by atoms with Crippen LogP contribution in [0.3, 0.4) is 0 Å². The standard InChI is InChI=1S/C5H10F2N2OS/c1-11(8,10)9-4-2-5(6,7)3-4/h4H,2-3H2,1H3,(H2,8,9,10). The molecule has 0 radical (unpaired) electrons. The fourth-order valence-corrected chi connectivity index (χ4v) is 1.87. The molecule has 0 aromatic heterocycles. The predicted molar refractivity (Wildman–Crippen MR) is 37.9 cm³/mol. The van der Waals surface area contributed by atoms with E-state index in [1.807, 2.05) is 0 Å². The first-order valence-electron chi connectivity index (χ1n) is 3.17. The van der Waals surface area contributed by atoms with Crippen LogP contribution in [0.1, 0.15) is 12.8 Å². The summed E-state index contributed by atoms with van der Waals surface area (Å²) in [7, 11) is -2.82. The zero-order valence-corrected chi connectivity index (χ0v) is 6.88. The molecule has 1 aliphatic carbocycles. The van der Waals surface area contributed by atoms with Gasteiger partial charge < -0.3 is 0 Å². The Labute approximate surface area is 64.3 Å². The molecular formula is C5H10F2N2OS. The lowest BCUT2D eigenvalue weighted by Crippen LogP contribution is -2.49. The van der Waals surface area contributed by atoms with E-state index in [0.717, 1.165) is 0 Å². The average Bonchev–Trinajstić information content (AvgIpc) is 1.53. The summed E-state index contributed by atoms with van der Waals surface area (Å²) in [6.07, 6.45) is 0.594. The largest absolute Gasteiger partial charge is 0.251 e. The lowest BCUT2D eigenvalue weighted by Gasteiger charge is -2.35. The topological polar surface area (TPSA) is 53.0 Å². The molecule has 1 aliphatic rings. The minimum absolute atomic E-state index is 0.295. The van der Waals surface area contributed by atoms with Crippen LogP contribution in [0.4, 0.5) is 8.78 Å². The van der Waals surface area contributed by atoms with Crippen molar-refractivity contribution in [1.82, 2.24) is 4.72 Å². The molecule has 0 bridgehead atoms. The predicted octanol–water partition coefficient (Wildman–Crippen LogP) is 0.965. The summed E-state index contributed by atoms with van der Waals surface area (Å²) in [5.41, 5.74) is 0. The van der Waals surface area contributed by atoms with Gasteiger partial charge in [0.25, 0.3) is 5.92 Å². The fourth-order valence-electron chi connectivity index (χ4n) is 1.06. The Morgan fingerprint density at radius 1 is 1.64 bits per heavy atom. The van der Waals surface area contributed by atoms with Crippen molar-refractivity contribution in [2.45, 2.75) is 24.8 Å². The van der Waals surface area contributed by atoms with Crippen molar-refractivity contribution in [3.63, 3.8) is 0 Å². The van der Waals surface area contributed by atoms with Crippen LogP contribution in [0.5, 0.6) is 0 Å². The van der Waals surface area contributed by atoms with Crippen LogP contribution in [0, 0.1) is 4.78 Å². The summed E-state index contributed by atoms with van der Waals surface area (Å²) < 4.78 is 44.3. The maximum absolute atomic E-state index is 12.2. The van der Waals surface area contributed by atoms with E-state index in [9.17, 15) is 13.0 Å². The average molecular weight is 184 g/mol. The first kappa shape index (κ1) is 8.86. The third-order valence-corrected chi connectivity index (χ3v) is 2.26. The molecular weight excluding hydrogens is 174 g/mol. The lowest BCUT2D eigenvalue weighted by atomic mass is 9.89. The monoisotopic (exact) mass is 184 g/mol. The quantitative estimate of drug-likeness (QED) is 0.660. The van der Waals surface area contributed by atoms with Crippen LogP contribution < -0.4 is 4.72 Å². The molecule has 1 unspecified atom stereocenters. The first-order valence-corrected chi connectivity index (χ1v) is 5.14. The van der Waals surface area contributed by atoms with Gasteiger partial charge in [0.2, 0.25) is 0 Å². The summed E-state index contributed by atoms with van der Waals surface area (Å²) in [4.78, 5) is 0. The molecule has 11 heavy (non-hydrogen) atoms. The third-order valence-electron chi connectivity index (χ3n) is 1.48. The second-order valence-electron chi connectivity index (χ2n) is 2.92. The molecule has 0 saturated heterocycles. The number of halogens is 2. The molecule has 0 aromatic carbocycles. The summed E-state index contributed by atoms with van der Waals surface area (Å²) >= 11 is 0. The van der Waals surface area contributed by atoms with Gasteiger partial charge in [-0.15, -0.1) is 0 Å². The normalized spacial score (nSPS) is 29.0. The summed E-state index contributed by atoms with van der Waals surface area (Å²) in [5.74, 6) is -2.61. The second-order valence-corrected chi connectivity index (χ2v) is 4.85. The van der Waals surface area contributed by atoms with E-state index >= 15 is 0 Å². The lowest BCUT2D eigenvalue weighted by molar-refractivity contribution is -0.0875. The molecule has 0 aromatic rings. The van der Waals surface area contributed by atoms with Gasteiger partial charge in [-0.05, 0) is 0 Å². The van der Waals surface area contributed by atoms with E-state index in [4.69, 9.17) is 4.78 Å². The number of hydrogen-bond acceptors (Lipinski definition) is 2. The Bertz CT molecular complexity index is 241. The molecule has 66 valence electrons. The van der Waals surface area contributed by atoms with Crippen molar-refractivity contribution in [1.29, 1.82) is 4.78 Å². The molecule has 1 atom stereocenters. The summed E-state index contributed by atoms with van der Waals surface area (Å²) in [6.45, 7) is 0. The summed E-state index contributed by atoms with van der Waals surface area (Å²) in [6, 6.07) is -0.444. The molecule has 2 N–H and O–H groups in total. The van der Waals surface area contributed by atoms with Gasteiger partial charge >= 0.3 is 0 Å². The second kappa shape index (κ2) is 2.38. The Morgan fingerprint density at radius 2 is 2.09 bits per heavy atom. The maximum Gasteiger partial charge on any atom is 0.251 e. The van der Waals surface area contributed by atoms with Gasteiger partial charge in [0.05, 0.1) is 0 Å². The Morgan fingerprint density at radius 3 is 2.36 bits per heavy atom. The molecule has 1 saturated carbocycles. The fraction of sp³-hybridized carbons (Fsp3) is 1.00. The molecule has 0 aliphatic heterocycles.